The molecule has 0 saturated heterocycles. The molecule has 1 aromatic heterocycles. The molecule has 0 amide bonds. The first kappa shape index (κ1) is 12.7. The molecule has 95 valence electrons. The first-order valence-electron chi connectivity index (χ1n) is 4.76. The molecule has 1 radical (unpaired) electrons. The number of hydrogen-bond acceptors (Lipinski definition) is 2. The van der Waals surface area contributed by atoms with Gasteiger partial charge < -0.3 is 0 Å². The Balaban J connectivity index is 2.66. The zero-order valence-electron chi connectivity index (χ0n) is 8.99. The van der Waals surface area contributed by atoms with E-state index >= 15 is 0 Å². The lowest BCUT2D eigenvalue weighted by molar-refractivity contribution is 0.0640. The minimum absolute atomic E-state index is 0.00862. The Kier molecular flexibility index (Phi) is 3.16. The van der Waals surface area contributed by atoms with Crippen LogP contribution in [0.15, 0.2) is 16.9 Å². The number of alkyl halides is 2. The summed E-state index contributed by atoms with van der Waals surface area (Å²) in [5.41, 5.74) is -1.41. The maximum absolute atomic E-state index is 13.5. The molecule has 0 unspecified atom stereocenters. The van der Waals surface area contributed by atoms with E-state index in [2.05, 4.69) is 11.2 Å². The highest BCUT2D eigenvalue weighted by atomic mass is 35.5. The van der Waals surface area contributed by atoms with E-state index in [0.717, 1.165) is 6.07 Å². The topological polar surface area (TPSA) is 39.8 Å². The summed E-state index contributed by atoms with van der Waals surface area (Å²) in [6, 6.07) is 4.57. The van der Waals surface area contributed by atoms with Gasteiger partial charge in [-0.25, -0.2) is 13.8 Å². The van der Waals surface area contributed by atoms with Gasteiger partial charge in [-0.2, -0.15) is 13.5 Å². The quantitative estimate of drug-likeness (QED) is 0.844. The number of nitrogens with zero attached hydrogens (tertiary/aromatic N) is 3. The highest BCUT2D eigenvalue weighted by molar-refractivity contribution is 6.30. The van der Waals surface area contributed by atoms with Crippen molar-refractivity contribution in [2.75, 3.05) is 0 Å². The van der Waals surface area contributed by atoms with E-state index in [9.17, 15) is 18.0 Å². The summed E-state index contributed by atoms with van der Waals surface area (Å²) in [7, 11) is 0. The molecule has 0 aliphatic carbocycles. The molecule has 8 heteroatoms. The Bertz CT molecular complexity index is 650. The first-order valence-corrected chi connectivity index (χ1v) is 5.13. The largest absolute Gasteiger partial charge is 0.355 e. The molecule has 2 aromatic rings. The summed E-state index contributed by atoms with van der Waals surface area (Å²) in [6.45, 7) is -1.81. The first-order chi connectivity index (χ1) is 8.41. The van der Waals surface area contributed by atoms with Crippen LogP contribution in [0.1, 0.15) is 12.4 Å². The molecule has 0 atom stereocenters. The van der Waals surface area contributed by atoms with Gasteiger partial charge in [-0.15, -0.1) is 5.10 Å². The summed E-state index contributed by atoms with van der Waals surface area (Å²) >= 11 is 5.50. The molecule has 0 spiro atoms. The number of aromatic nitrogens is 3. The minimum Gasteiger partial charge on any atom is -0.245 e. The molecular weight excluding hydrogens is 271 g/mol. The standard InChI is InChI=1S/C10H6ClF3N3O/c1-5-15-17(10(18)16(5)9(13)14)8-3-2-6(11)4-7(8)12/h2-3,9H,1H3. The van der Waals surface area contributed by atoms with Crippen LogP contribution in [-0.2, 0) is 0 Å². The monoisotopic (exact) mass is 276 g/mol. The molecule has 0 N–H and O–H groups in total. The lowest BCUT2D eigenvalue weighted by Crippen LogP contribution is -2.25. The van der Waals surface area contributed by atoms with Crippen molar-refractivity contribution in [1.29, 1.82) is 0 Å². The zero-order valence-corrected chi connectivity index (χ0v) is 9.75. The Morgan fingerprint density at radius 2 is 2.11 bits per heavy atom. The molecule has 0 bridgehead atoms. The molecule has 0 aliphatic rings. The van der Waals surface area contributed by atoms with E-state index in [1.54, 1.807) is 0 Å². The van der Waals surface area contributed by atoms with E-state index in [4.69, 9.17) is 11.6 Å². The fourth-order valence-corrected chi connectivity index (χ4v) is 1.60. The van der Waals surface area contributed by atoms with Crippen LogP contribution < -0.4 is 5.69 Å². The van der Waals surface area contributed by atoms with Crippen molar-refractivity contribution in [2.45, 2.75) is 13.5 Å². The van der Waals surface area contributed by atoms with Gasteiger partial charge in [0.1, 0.15) is 11.5 Å². The molecular formula is C10H6ClF3N3O. The van der Waals surface area contributed by atoms with Crippen LogP contribution in [0.25, 0.3) is 5.69 Å². The molecule has 0 aliphatic heterocycles. The zero-order chi connectivity index (χ0) is 13.4. The summed E-state index contributed by atoms with van der Waals surface area (Å²) in [5.74, 6) is -1.16. The lowest BCUT2D eigenvalue weighted by atomic mass is 10.3. The number of benzene rings is 1. The summed E-state index contributed by atoms with van der Waals surface area (Å²) in [5, 5.41) is 3.58. The third-order valence-electron chi connectivity index (χ3n) is 2.25. The van der Waals surface area contributed by atoms with Crippen LogP contribution in [0.3, 0.4) is 0 Å². The van der Waals surface area contributed by atoms with Gasteiger partial charge >= 0.3 is 12.2 Å². The highest BCUT2D eigenvalue weighted by Gasteiger charge is 2.19. The van der Waals surface area contributed by atoms with Gasteiger partial charge in [-0.05, 0) is 19.1 Å². The van der Waals surface area contributed by atoms with E-state index < -0.39 is 18.1 Å². The second-order valence-electron chi connectivity index (χ2n) is 3.39. The van der Waals surface area contributed by atoms with Gasteiger partial charge in [-0.1, -0.05) is 11.6 Å². The van der Waals surface area contributed by atoms with Crippen LogP contribution in [0.5, 0.6) is 0 Å². The number of hydrogen-bond donors (Lipinski definition) is 0. The van der Waals surface area contributed by atoms with Crippen LogP contribution in [-0.4, -0.2) is 14.3 Å². The van der Waals surface area contributed by atoms with Crippen LogP contribution >= 0.6 is 11.6 Å². The van der Waals surface area contributed by atoms with Gasteiger partial charge in [-0.3, -0.25) is 0 Å². The molecule has 0 saturated carbocycles. The summed E-state index contributed by atoms with van der Waals surface area (Å²) in [4.78, 5) is 11.6. The predicted octanol–water partition coefficient (Wildman–Crippen LogP) is 2.33. The van der Waals surface area contributed by atoms with Crippen molar-refractivity contribution in [3.63, 3.8) is 0 Å². The van der Waals surface area contributed by atoms with E-state index in [0.29, 0.717) is 4.68 Å². The van der Waals surface area contributed by atoms with Crippen LogP contribution in [0.2, 0.25) is 5.02 Å². The molecule has 4 nitrogen and oxygen atoms in total. The van der Waals surface area contributed by atoms with Crippen LogP contribution in [0, 0.1) is 18.8 Å². The third-order valence-corrected chi connectivity index (χ3v) is 2.47. The van der Waals surface area contributed by atoms with Crippen molar-refractivity contribution < 1.29 is 13.2 Å². The summed E-state index contributed by atoms with van der Waals surface area (Å²) < 4.78 is 39.4. The summed E-state index contributed by atoms with van der Waals surface area (Å²) in [6.07, 6.45) is 0. The molecule has 0 fully saturated rings. The fraction of sp³-hybridized carbons (Fsp3) is 0.200. The third kappa shape index (κ3) is 2.01. The molecule has 2 rings (SSSR count). The Hall–Kier alpha value is -1.76. The second kappa shape index (κ2) is 4.49. The average molecular weight is 277 g/mol. The maximum Gasteiger partial charge on any atom is 0.355 e. The SMILES string of the molecule is Cc1nn(-c2ccc(Cl)[c]c2F)c(=O)n1C(F)F. The van der Waals surface area contributed by atoms with E-state index in [-0.39, 0.29) is 21.1 Å². The number of aryl methyl sites for hydroxylation is 1. The van der Waals surface area contributed by atoms with Crippen molar-refractivity contribution in [2.24, 2.45) is 0 Å². The van der Waals surface area contributed by atoms with Gasteiger partial charge in [0.15, 0.2) is 5.82 Å². The number of rotatable bonds is 2. The van der Waals surface area contributed by atoms with Gasteiger partial charge in [0, 0.05) is 6.07 Å². The van der Waals surface area contributed by atoms with Gasteiger partial charge in [0.25, 0.3) is 0 Å². The fourth-order valence-electron chi connectivity index (χ4n) is 1.46. The highest BCUT2D eigenvalue weighted by Crippen LogP contribution is 2.17. The molecule has 18 heavy (non-hydrogen) atoms. The predicted molar refractivity (Wildman–Crippen MR) is 57.6 cm³/mol. The van der Waals surface area contributed by atoms with Gasteiger partial charge in [0.2, 0.25) is 0 Å². The van der Waals surface area contributed by atoms with Gasteiger partial charge in [0.05, 0.1) is 5.02 Å². The lowest BCUT2D eigenvalue weighted by Gasteiger charge is -2.01. The Labute approximate surface area is 104 Å². The normalized spacial score (nSPS) is 11.2. The molecule has 1 heterocycles. The van der Waals surface area contributed by atoms with Crippen molar-refractivity contribution in [3.8, 4) is 5.69 Å². The smallest absolute Gasteiger partial charge is 0.245 e. The van der Waals surface area contributed by atoms with Crippen molar-refractivity contribution in [3.05, 3.63) is 45.3 Å². The van der Waals surface area contributed by atoms with E-state index in [1.165, 1.54) is 13.0 Å². The maximum atomic E-state index is 13.5. The Morgan fingerprint density at radius 1 is 1.44 bits per heavy atom. The Morgan fingerprint density at radius 3 is 2.61 bits per heavy atom. The average Bonchev–Trinajstić information content (AvgIpc) is 2.54. The molecule has 1 aromatic carbocycles. The minimum atomic E-state index is -3.04. The second-order valence-corrected chi connectivity index (χ2v) is 3.80. The van der Waals surface area contributed by atoms with Crippen LogP contribution in [0.4, 0.5) is 13.2 Å². The number of halogens is 4. The van der Waals surface area contributed by atoms with Crippen molar-refractivity contribution >= 4 is 11.6 Å². The van der Waals surface area contributed by atoms with E-state index in [1.807, 2.05) is 0 Å². The van der Waals surface area contributed by atoms with Crippen molar-refractivity contribution in [1.82, 2.24) is 14.3 Å².